The van der Waals surface area contributed by atoms with Crippen molar-refractivity contribution in [1.29, 1.82) is 0 Å². The lowest BCUT2D eigenvalue weighted by atomic mass is 9.90. The smallest absolute Gasteiger partial charge is 0.226 e. The summed E-state index contributed by atoms with van der Waals surface area (Å²) in [6, 6.07) is 2.33. The summed E-state index contributed by atoms with van der Waals surface area (Å²) in [4.78, 5) is 16.3. The number of fused-ring (bicyclic) bond motifs is 1. The maximum Gasteiger partial charge on any atom is 0.226 e. The standard InChI is InChI=1S/C21H30N4OS/c1-3-4-10-25-21-20(15(2)23-25)17(12-19(26)22-21)18-11-16(14-27-18)13-24-8-6-5-7-9-24/h11,14,17H,3-10,12-13H2,1-2H3,(H,22,26). The quantitative estimate of drug-likeness (QED) is 0.794. The highest BCUT2D eigenvalue weighted by molar-refractivity contribution is 7.10. The van der Waals surface area contributed by atoms with E-state index in [1.807, 2.05) is 4.68 Å². The molecular weight excluding hydrogens is 356 g/mol. The number of rotatable bonds is 6. The second-order valence-electron chi connectivity index (χ2n) is 7.92. The van der Waals surface area contributed by atoms with Gasteiger partial charge in [-0.2, -0.15) is 5.10 Å². The predicted molar refractivity (Wildman–Crippen MR) is 110 cm³/mol. The summed E-state index contributed by atoms with van der Waals surface area (Å²) in [7, 11) is 0. The summed E-state index contributed by atoms with van der Waals surface area (Å²) < 4.78 is 2.00. The second kappa shape index (κ2) is 8.15. The number of carbonyl (C=O) groups excluding carboxylic acids is 1. The van der Waals surface area contributed by atoms with E-state index in [-0.39, 0.29) is 11.8 Å². The Hall–Kier alpha value is -1.66. The van der Waals surface area contributed by atoms with Crippen LogP contribution in [-0.2, 0) is 17.9 Å². The Morgan fingerprint density at radius 1 is 1.30 bits per heavy atom. The molecule has 2 aliphatic heterocycles. The third-order valence-electron chi connectivity index (χ3n) is 5.77. The Labute approximate surface area is 165 Å². The number of anilines is 1. The minimum Gasteiger partial charge on any atom is -0.311 e. The van der Waals surface area contributed by atoms with E-state index >= 15 is 0 Å². The fourth-order valence-electron chi connectivity index (χ4n) is 4.36. The molecule has 4 rings (SSSR count). The molecule has 6 heteroatoms. The van der Waals surface area contributed by atoms with Crippen LogP contribution in [-0.4, -0.2) is 33.7 Å². The maximum absolute atomic E-state index is 12.4. The molecule has 2 aromatic rings. The van der Waals surface area contributed by atoms with E-state index in [0.29, 0.717) is 6.42 Å². The van der Waals surface area contributed by atoms with Crippen LogP contribution in [0.1, 0.15) is 73.1 Å². The van der Waals surface area contributed by atoms with Crippen molar-refractivity contribution in [3.63, 3.8) is 0 Å². The number of hydrogen-bond acceptors (Lipinski definition) is 4. The molecule has 0 spiro atoms. The van der Waals surface area contributed by atoms with E-state index in [9.17, 15) is 4.79 Å². The fraction of sp³-hybridized carbons (Fsp3) is 0.619. The van der Waals surface area contributed by atoms with Gasteiger partial charge in [-0.15, -0.1) is 11.3 Å². The first-order valence-electron chi connectivity index (χ1n) is 10.3. The van der Waals surface area contributed by atoms with E-state index in [1.54, 1.807) is 11.3 Å². The highest BCUT2D eigenvalue weighted by Gasteiger charge is 2.33. The number of amides is 1. The summed E-state index contributed by atoms with van der Waals surface area (Å²) in [6.07, 6.45) is 6.73. The maximum atomic E-state index is 12.4. The molecule has 1 amide bonds. The van der Waals surface area contributed by atoms with Crippen LogP contribution in [0.25, 0.3) is 0 Å². The van der Waals surface area contributed by atoms with E-state index in [4.69, 9.17) is 5.10 Å². The van der Waals surface area contributed by atoms with Gasteiger partial charge < -0.3 is 5.32 Å². The molecule has 0 aromatic carbocycles. The Morgan fingerprint density at radius 3 is 2.89 bits per heavy atom. The first-order valence-corrected chi connectivity index (χ1v) is 11.2. The summed E-state index contributed by atoms with van der Waals surface area (Å²) in [5, 5.41) is 10.1. The molecule has 4 heterocycles. The van der Waals surface area contributed by atoms with Gasteiger partial charge in [0.25, 0.3) is 0 Å². The van der Waals surface area contributed by atoms with Crippen LogP contribution >= 0.6 is 11.3 Å². The number of carbonyl (C=O) groups is 1. The zero-order valence-electron chi connectivity index (χ0n) is 16.5. The molecule has 27 heavy (non-hydrogen) atoms. The summed E-state index contributed by atoms with van der Waals surface area (Å²) in [5.74, 6) is 1.17. The van der Waals surface area contributed by atoms with Crippen molar-refractivity contribution in [1.82, 2.24) is 14.7 Å². The number of nitrogens with one attached hydrogen (secondary N) is 1. The number of nitrogens with zero attached hydrogens (tertiary/aromatic N) is 3. The van der Waals surface area contributed by atoms with Crippen molar-refractivity contribution < 1.29 is 4.79 Å². The summed E-state index contributed by atoms with van der Waals surface area (Å²) >= 11 is 1.80. The first kappa shape index (κ1) is 18.7. The van der Waals surface area contributed by atoms with Crippen LogP contribution in [0.2, 0.25) is 0 Å². The number of aromatic nitrogens is 2. The van der Waals surface area contributed by atoms with E-state index < -0.39 is 0 Å². The molecule has 0 radical (unpaired) electrons. The zero-order chi connectivity index (χ0) is 18.8. The van der Waals surface area contributed by atoms with Crippen molar-refractivity contribution in [2.24, 2.45) is 0 Å². The molecule has 0 saturated carbocycles. The van der Waals surface area contributed by atoms with Crippen LogP contribution < -0.4 is 5.32 Å². The monoisotopic (exact) mass is 386 g/mol. The number of aryl methyl sites for hydroxylation is 2. The molecule has 1 atom stereocenters. The molecule has 5 nitrogen and oxygen atoms in total. The molecule has 1 unspecified atom stereocenters. The van der Waals surface area contributed by atoms with Gasteiger partial charge in [0, 0.05) is 35.9 Å². The number of unbranched alkanes of at least 4 members (excludes halogenated alkanes) is 1. The van der Waals surface area contributed by atoms with Crippen LogP contribution in [0.3, 0.4) is 0 Å². The highest BCUT2D eigenvalue weighted by Crippen LogP contribution is 2.41. The SMILES string of the molecule is CCCCn1nc(C)c2c1NC(=O)CC2c1cc(CN2CCCCC2)cs1. The zero-order valence-corrected chi connectivity index (χ0v) is 17.3. The Kier molecular flexibility index (Phi) is 5.64. The van der Waals surface area contributed by atoms with Crippen LogP contribution in [0.4, 0.5) is 5.82 Å². The van der Waals surface area contributed by atoms with Gasteiger partial charge in [0.1, 0.15) is 5.82 Å². The van der Waals surface area contributed by atoms with Gasteiger partial charge in [-0.3, -0.25) is 9.69 Å². The Balaban J connectivity index is 1.58. The first-order chi connectivity index (χ1) is 13.2. The largest absolute Gasteiger partial charge is 0.311 e. The summed E-state index contributed by atoms with van der Waals surface area (Å²) in [6.45, 7) is 8.59. The lowest BCUT2D eigenvalue weighted by molar-refractivity contribution is -0.116. The molecule has 1 N–H and O–H groups in total. The molecule has 0 aliphatic carbocycles. The topological polar surface area (TPSA) is 50.2 Å². The van der Waals surface area contributed by atoms with Gasteiger partial charge in [0.2, 0.25) is 5.91 Å². The molecule has 2 aliphatic rings. The van der Waals surface area contributed by atoms with Crippen molar-refractivity contribution in [3.05, 3.63) is 33.1 Å². The average Bonchev–Trinajstić information content (AvgIpc) is 3.25. The fourth-order valence-corrected chi connectivity index (χ4v) is 5.38. The summed E-state index contributed by atoms with van der Waals surface area (Å²) in [5.41, 5.74) is 3.66. The molecular formula is C21H30N4OS. The van der Waals surface area contributed by atoms with Gasteiger partial charge in [-0.05, 0) is 56.3 Å². The molecule has 0 bridgehead atoms. The molecule has 1 saturated heterocycles. The molecule has 1 fully saturated rings. The van der Waals surface area contributed by atoms with Crippen LogP contribution in [0.15, 0.2) is 11.4 Å². The van der Waals surface area contributed by atoms with Crippen molar-refractivity contribution in [2.45, 2.75) is 71.4 Å². The highest BCUT2D eigenvalue weighted by atomic mass is 32.1. The van der Waals surface area contributed by atoms with E-state index in [1.165, 1.54) is 48.4 Å². The van der Waals surface area contributed by atoms with Gasteiger partial charge >= 0.3 is 0 Å². The molecule has 2 aromatic heterocycles. The van der Waals surface area contributed by atoms with Crippen molar-refractivity contribution in [3.8, 4) is 0 Å². The minimum atomic E-state index is 0.108. The second-order valence-corrected chi connectivity index (χ2v) is 8.87. The third-order valence-corrected chi connectivity index (χ3v) is 6.86. The van der Waals surface area contributed by atoms with Crippen LogP contribution in [0.5, 0.6) is 0 Å². The van der Waals surface area contributed by atoms with Gasteiger partial charge in [-0.1, -0.05) is 19.8 Å². The van der Waals surface area contributed by atoms with Crippen LogP contribution in [0, 0.1) is 6.92 Å². The number of likely N-dealkylation sites (tertiary alicyclic amines) is 1. The van der Waals surface area contributed by atoms with Gasteiger partial charge in [-0.25, -0.2) is 4.68 Å². The lowest BCUT2D eigenvalue weighted by Gasteiger charge is -2.26. The minimum absolute atomic E-state index is 0.108. The van der Waals surface area contributed by atoms with E-state index in [0.717, 1.165) is 37.4 Å². The van der Waals surface area contributed by atoms with Gasteiger partial charge in [0.05, 0.1) is 5.69 Å². The van der Waals surface area contributed by atoms with E-state index in [2.05, 4.69) is 35.5 Å². The molecule has 146 valence electrons. The normalized spacial score (nSPS) is 20.5. The lowest BCUT2D eigenvalue weighted by Crippen LogP contribution is -2.28. The average molecular weight is 387 g/mol. The number of thiophene rings is 1. The Bertz CT molecular complexity index is 803. The predicted octanol–water partition coefficient (Wildman–Crippen LogP) is 4.51. The van der Waals surface area contributed by atoms with Crippen molar-refractivity contribution in [2.75, 3.05) is 18.4 Å². The number of piperidine rings is 1. The third kappa shape index (κ3) is 3.97. The van der Waals surface area contributed by atoms with Gasteiger partial charge in [0.15, 0.2) is 0 Å². The number of hydrogen-bond donors (Lipinski definition) is 1. The van der Waals surface area contributed by atoms with Crippen molar-refractivity contribution >= 4 is 23.1 Å². The Morgan fingerprint density at radius 2 is 2.11 bits per heavy atom.